The first-order valence-electron chi connectivity index (χ1n) is 8.06. The Hall–Kier alpha value is -2.78. The third-order valence-electron chi connectivity index (χ3n) is 4.05. The molecule has 1 aliphatic heterocycles. The number of nitrogens with zero attached hydrogens (tertiary/aromatic N) is 4. The standard InChI is InChI=1S/C17H19N5O3S/c18-16-15(19-7-8-20-16)17(23)21-9-11-22(12-10-21)26(24,25)13-6-14-4-2-1-3-5-14/h1-8,13H,9-12H2,(H2,18,20)/b13-6+. The minimum absolute atomic E-state index is 0.0679. The molecule has 0 bridgehead atoms. The molecule has 1 aromatic carbocycles. The Balaban J connectivity index is 1.63. The van der Waals surface area contributed by atoms with E-state index in [1.165, 1.54) is 27.0 Å². The van der Waals surface area contributed by atoms with Crippen molar-refractivity contribution < 1.29 is 13.2 Å². The van der Waals surface area contributed by atoms with Gasteiger partial charge in [0.1, 0.15) is 0 Å². The van der Waals surface area contributed by atoms with Crippen LogP contribution in [0, 0.1) is 0 Å². The van der Waals surface area contributed by atoms with E-state index in [-0.39, 0.29) is 43.6 Å². The predicted molar refractivity (Wildman–Crippen MR) is 98.3 cm³/mol. The summed E-state index contributed by atoms with van der Waals surface area (Å²) < 4.78 is 26.3. The summed E-state index contributed by atoms with van der Waals surface area (Å²) in [5, 5.41) is 1.19. The molecule has 2 heterocycles. The largest absolute Gasteiger partial charge is 0.382 e. The maximum absolute atomic E-state index is 12.5. The number of hydrogen-bond acceptors (Lipinski definition) is 6. The number of benzene rings is 1. The molecule has 1 amide bonds. The normalized spacial score (nSPS) is 16.1. The maximum atomic E-state index is 12.5. The van der Waals surface area contributed by atoms with Gasteiger partial charge >= 0.3 is 0 Å². The Kier molecular flexibility index (Phi) is 5.29. The van der Waals surface area contributed by atoms with Crippen LogP contribution in [0.4, 0.5) is 5.82 Å². The van der Waals surface area contributed by atoms with Gasteiger partial charge in [0.05, 0.1) is 0 Å². The molecule has 8 nitrogen and oxygen atoms in total. The minimum Gasteiger partial charge on any atom is -0.382 e. The number of anilines is 1. The number of rotatable bonds is 4. The molecule has 1 fully saturated rings. The predicted octanol–water partition coefficient (Wildman–Crippen LogP) is 0.817. The highest BCUT2D eigenvalue weighted by atomic mass is 32.2. The molecular formula is C17H19N5O3S. The van der Waals surface area contributed by atoms with Crippen molar-refractivity contribution in [2.75, 3.05) is 31.9 Å². The van der Waals surface area contributed by atoms with Crippen molar-refractivity contribution in [1.29, 1.82) is 0 Å². The van der Waals surface area contributed by atoms with Gasteiger partial charge in [-0.25, -0.2) is 18.4 Å². The number of sulfonamides is 1. The molecule has 1 aromatic heterocycles. The number of nitrogen functional groups attached to an aromatic ring is 1. The molecule has 0 saturated carbocycles. The Morgan fingerprint density at radius 1 is 1.04 bits per heavy atom. The van der Waals surface area contributed by atoms with Gasteiger partial charge in [-0.1, -0.05) is 30.3 Å². The second kappa shape index (κ2) is 7.63. The Bertz CT molecular complexity index is 907. The highest BCUT2D eigenvalue weighted by Gasteiger charge is 2.29. The van der Waals surface area contributed by atoms with Crippen LogP contribution in [0.2, 0.25) is 0 Å². The lowest BCUT2D eigenvalue weighted by Gasteiger charge is -2.33. The van der Waals surface area contributed by atoms with Crippen LogP contribution >= 0.6 is 0 Å². The molecule has 26 heavy (non-hydrogen) atoms. The molecule has 0 radical (unpaired) electrons. The van der Waals surface area contributed by atoms with Crippen LogP contribution in [-0.4, -0.2) is 59.7 Å². The van der Waals surface area contributed by atoms with Gasteiger partial charge in [0.2, 0.25) is 10.0 Å². The molecule has 1 saturated heterocycles. The SMILES string of the molecule is Nc1nccnc1C(=O)N1CCN(S(=O)(=O)/C=C/c2ccccc2)CC1. The van der Waals surface area contributed by atoms with Gasteiger partial charge < -0.3 is 10.6 Å². The fourth-order valence-electron chi connectivity index (χ4n) is 2.62. The highest BCUT2D eigenvalue weighted by Crippen LogP contribution is 2.14. The van der Waals surface area contributed by atoms with E-state index in [9.17, 15) is 13.2 Å². The van der Waals surface area contributed by atoms with Gasteiger partial charge in [-0.05, 0) is 11.6 Å². The fourth-order valence-corrected chi connectivity index (χ4v) is 3.80. The molecule has 1 aliphatic rings. The summed E-state index contributed by atoms with van der Waals surface area (Å²) in [5.41, 5.74) is 6.58. The number of piperazine rings is 1. The number of hydrogen-bond donors (Lipinski definition) is 1. The zero-order valence-electron chi connectivity index (χ0n) is 14.0. The number of amides is 1. The molecular weight excluding hydrogens is 354 g/mol. The van der Waals surface area contributed by atoms with Crippen molar-refractivity contribution in [3.05, 3.63) is 59.4 Å². The monoisotopic (exact) mass is 373 g/mol. The second-order valence-electron chi connectivity index (χ2n) is 5.74. The summed E-state index contributed by atoms with van der Waals surface area (Å²) in [5.74, 6) is -0.272. The summed E-state index contributed by atoms with van der Waals surface area (Å²) in [7, 11) is -3.54. The van der Waals surface area contributed by atoms with E-state index in [1.54, 1.807) is 6.08 Å². The molecule has 0 atom stereocenters. The molecule has 2 aromatic rings. The third-order valence-corrected chi connectivity index (χ3v) is 5.61. The lowest BCUT2D eigenvalue weighted by atomic mass is 10.2. The molecule has 0 unspecified atom stereocenters. The molecule has 2 N–H and O–H groups in total. The van der Waals surface area contributed by atoms with Crippen molar-refractivity contribution in [2.24, 2.45) is 0 Å². The van der Waals surface area contributed by atoms with E-state index in [2.05, 4.69) is 9.97 Å². The van der Waals surface area contributed by atoms with Gasteiger partial charge in [0, 0.05) is 44.0 Å². The average Bonchev–Trinajstić information content (AvgIpc) is 2.67. The van der Waals surface area contributed by atoms with Crippen molar-refractivity contribution in [3.63, 3.8) is 0 Å². The lowest BCUT2D eigenvalue weighted by Crippen LogP contribution is -2.50. The Morgan fingerprint density at radius 2 is 1.69 bits per heavy atom. The number of carbonyl (C=O) groups excluding carboxylic acids is 1. The topological polar surface area (TPSA) is 109 Å². The number of aromatic nitrogens is 2. The van der Waals surface area contributed by atoms with Gasteiger partial charge in [0.25, 0.3) is 5.91 Å². The van der Waals surface area contributed by atoms with Gasteiger partial charge in [-0.2, -0.15) is 4.31 Å². The maximum Gasteiger partial charge on any atom is 0.276 e. The zero-order chi connectivity index (χ0) is 18.6. The highest BCUT2D eigenvalue weighted by molar-refractivity contribution is 7.92. The van der Waals surface area contributed by atoms with E-state index >= 15 is 0 Å². The smallest absolute Gasteiger partial charge is 0.276 e. The molecule has 136 valence electrons. The van der Waals surface area contributed by atoms with Crippen molar-refractivity contribution in [2.45, 2.75) is 0 Å². The van der Waals surface area contributed by atoms with Gasteiger partial charge in [-0.3, -0.25) is 4.79 Å². The van der Waals surface area contributed by atoms with Gasteiger partial charge in [0.15, 0.2) is 11.5 Å². The first-order valence-corrected chi connectivity index (χ1v) is 9.57. The van der Waals surface area contributed by atoms with Crippen LogP contribution in [0.3, 0.4) is 0 Å². The first kappa shape index (κ1) is 18.0. The van der Waals surface area contributed by atoms with Crippen molar-refractivity contribution in [3.8, 4) is 0 Å². The van der Waals surface area contributed by atoms with Crippen LogP contribution in [0.5, 0.6) is 0 Å². The van der Waals surface area contributed by atoms with Crippen LogP contribution < -0.4 is 5.73 Å². The van der Waals surface area contributed by atoms with Crippen LogP contribution in [0.1, 0.15) is 16.1 Å². The number of carbonyl (C=O) groups is 1. The van der Waals surface area contributed by atoms with Gasteiger partial charge in [-0.15, -0.1) is 0 Å². The molecule has 9 heteroatoms. The van der Waals surface area contributed by atoms with E-state index in [4.69, 9.17) is 5.73 Å². The quantitative estimate of drug-likeness (QED) is 0.850. The van der Waals surface area contributed by atoms with E-state index < -0.39 is 10.0 Å². The van der Waals surface area contributed by atoms with E-state index in [0.717, 1.165) is 5.56 Å². The zero-order valence-corrected chi connectivity index (χ0v) is 14.8. The summed E-state index contributed by atoms with van der Waals surface area (Å²) in [6.45, 7) is 0.973. The summed E-state index contributed by atoms with van der Waals surface area (Å²) in [4.78, 5) is 21.8. The first-order chi connectivity index (χ1) is 12.5. The van der Waals surface area contributed by atoms with E-state index in [0.29, 0.717) is 0 Å². The van der Waals surface area contributed by atoms with Crippen molar-refractivity contribution in [1.82, 2.24) is 19.2 Å². The third kappa shape index (κ3) is 4.06. The molecule has 0 spiro atoms. The van der Waals surface area contributed by atoms with Crippen LogP contribution in [0.15, 0.2) is 48.1 Å². The summed E-state index contributed by atoms with van der Waals surface area (Å²) >= 11 is 0. The summed E-state index contributed by atoms with van der Waals surface area (Å²) in [6, 6.07) is 9.21. The summed E-state index contributed by atoms with van der Waals surface area (Å²) in [6.07, 6.45) is 4.38. The fraction of sp³-hybridized carbons (Fsp3) is 0.235. The Labute approximate surface area is 152 Å². The molecule has 3 rings (SSSR count). The van der Waals surface area contributed by atoms with Crippen LogP contribution in [0.25, 0.3) is 6.08 Å². The van der Waals surface area contributed by atoms with Crippen LogP contribution in [-0.2, 0) is 10.0 Å². The second-order valence-corrected chi connectivity index (χ2v) is 7.56. The number of nitrogens with two attached hydrogens (primary N) is 1. The lowest BCUT2D eigenvalue weighted by molar-refractivity contribution is 0.0693. The Morgan fingerprint density at radius 3 is 2.35 bits per heavy atom. The minimum atomic E-state index is -3.54. The molecule has 0 aliphatic carbocycles. The average molecular weight is 373 g/mol. The van der Waals surface area contributed by atoms with E-state index in [1.807, 2.05) is 30.3 Å². The van der Waals surface area contributed by atoms with Crippen molar-refractivity contribution >= 4 is 27.8 Å².